The van der Waals surface area contributed by atoms with Gasteiger partial charge in [-0.05, 0) is 51.1 Å². The number of unbranched alkanes of at least 4 members (excludes halogenated alkanes) is 1. The fraction of sp³-hybridized carbons (Fsp3) is 0.588. The third-order valence-electron chi connectivity index (χ3n) is 4.43. The molecule has 24 heavy (non-hydrogen) atoms. The Morgan fingerprint density at radius 3 is 2.62 bits per heavy atom. The highest BCUT2D eigenvalue weighted by molar-refractivity contribution is 7.89. The van der Waals surface area contributed by atoms with Crippen LogP contribution in [-0.2, 0) is 10.0 Å². The van der Waals surface area contributed by atoms with Crippen LogP contribution in [0.3, 0.4) is 0 Å². The first-order chi connectivity index (χ1) is 11.5. The van der Waals surface area contributed by atoms with Gasteiger partial charge in [0.15, 0.2) is 0 Å². The Balaban J connectivity index is 1.93. The molecule has 1 heterocycles. The van der Waals surface area contributed by atoms with E-state index in [4.69, 9.17) is 0 Å². The summed E-state index contributed by atoms with van der Waals surface area (Å²) in [6, 6.07) is 6.28. The van der Waals surface area contributed by atoms with Gasteiger partial charge in [0.25, 0.3) is 5.91 Å². The van der Waals surface area contributed by atoms with Crippen molar-refractivity contribution in [2.75, 3.05) is 26.7 Å². The van der Waals surface area contributed by atoms with Gasteiger partial charge in [0.2, 0.25) is 10.0 Å². The predicted molar refractivity (Wildman–Crippen MR) is 94.5 cm³/mol. The van der Waals surface area contributed by atoms with Gasteiger partial charge in [0.1, 0.15) is 0 Å². The molecule has 1 aromatic carbocycles. The van der Waals surface area contributed by atoms with Gasteiger partial charge in [-0.1, -0.05) is 19.4 Å². The second kappa shape index (κ2) is 8.60. The summed E-state index contributed by atoms with van der Waals surface area (Å²) < 4.78 is 25.9. The van der Waals surface area contributed by atoms with Crippen molar-refractivity contribution in [2.24, 2.45) is 0 Å². The highest BCUT2D eigenvalue weighted by Crippen LogP contribution is 2.14. The van der Waals surface area contributed by atoms with E-state index in [1.165, 1.54) is 32.0 Å². The Kier molecular flexibility index (Phi) is 6.77. The topological polar surface area (TPSA) is 78.5 Å². The maximum absolute atomic E-state index is 12.4. The Hall–Kier alpha value is -1.44. The Bertz CT molecular complexity index is 653. The van der Waals surface area contributed by atoms with Crippen molar-refractivity contribution >= 4 is 15.9 Å². The molecule has 1 aliphatic heterocycles. The highest BCUT2D eigenvalue weighted by atomic mass is 32.2. The van der Waals surface area contributed by atoms with Crippen molar-refractivity contribution < 1.29 is 13.2 Å². The number of likely N-dealkylation sites (tertiary alicyclic amines) is 1. The molecule has 0 radical (unpaired) electrons. The molecule has 0 aromatic heterocycles. The lowest BCUT2D eigenvalue weighted by molar-refractivity contribution is 0.0910. The second-order valence-electron chi connectivity index (χ2n) is 6.18. The lowest BCUT2D eigenvalue weighted by Crippen LogP contribution is -2.44. The van der Waals surface area contributed by atoms with Crippen molar-refractivity contribution in [3.05, 3.63) is 29.8 Å². The lowest BCUT2D eigenvalue weighted by atomic mass is 10.0. The Morgan fingerprint density at radius 1 is 1.29 bits per heavy atom. The third-order valence-corrected chi connectivity index (χ3v) is 5.84. The van der Waals surface area contributed by atoms with E-state index in [-0.39, 0.29) is 16.8 Å². The van der Waals surface area contributed by atoms with E-state index >= 15 is 0 Å². The summed E-state index contributed by atoms with van der Waals surface area (Å²) in [7, 11) is -2.18. The van der Waals surface area contributed by atoms with Crippen LogP contribution in [0.4, 0.5) is 0 Å². The highest BCUT2D eigenvalue weighted by Gasteiger charge is 2.21. The standard InChI is InChI=1S/C17H27N3O3S/c1-3-4-10-20-11-8-15(9-12-20)19-17(21)14-6-5-7-16(13-14)24(22,23)18-2/h5-7,13,15,18H,3-4,8-12H2,1-2H3,(H,19,21). The molecule has 0 saturated carbocycles. The molecule has 0 bridgehead atoms. The quantitative estimate of drug-likeness (QED) is 0.780. The number of hydrogen-bond acceptors (Lipinski definition) is 4. The van der Waals surface area contributed by atoms with Gasteiger partial charge in [-0.15, -0.1) is 0 Å². The molecule has 0 atom stereocenters. The summed E-state index contributed by atoms with van der Waals surface area (Å²) in [6.45, 7) is 5.31. The van der Waals surface area contributed by atoms with Crippen molar-refractivity contribution in [2.45, 2.75) is 43.5 Å². The largest absolute Gasteiger partial charge is 0.349 e. The van der Waals surface area contributed by atoms with Crippen LogP contribution in [0.15, 0.2) is 29.2 Å². The van der Waals surface area contributed by atoms with Crippen LogP contribution in [0.25, 0.3) is 0 Å². The van der Waals surface area contributed by atoms with Gasteiger partial charge in [0, 0.05) is 24.7 Å². The molecule has 2 N–H and O–H groups in total. The minimum Gasteiger partial charge on any atom is -0.349 e. The lowest BCUT2D eigenvalue weighted by Gasteiger charge is -2.32. The number of sulfonamides is 1. The number of nitrogens with zero attached hydrogens (tertiary/aromatic N) is 1. The molecule has 1 aromatic rings. The van der Waals surface area contributed by atoms with Crippen LogP contribution >= 0.6 is 0 Å². The zero-order valence-electron chi connectivity index (χ0n) is 14.4. The van der Waals surface area contributed by atoms with Crippen LogP contribution in [-0.4, -0.2) is 51.9 Å². The van der Waals surface area contributed by atoms with E-state index < -0.39 is 10.0 Å². The molecule has 134 valence electrons. The molecule has 1 amide bonds. The fourth-order valence-corrected chi connectivity index (χ4v) is 3.65. The number of piperidine rings is 1. The average Bonchev–Trinajstić information content (AvgIpc) is 2.61. The number of benzene rings is 1. The maximum Gasteiger partial charge on any atom is 0.251 e. The van der Waals surface area contributed by atoms with Gasteiger partial charge in [-0.2, -0.15) is 0 Å². The van der Waals surface area contributed by atoms with Crippen LogP contribution in [0.2, 0.25) is 0 Å². The van der Waals surface area contributed by atoms with Gasteiger partial charge in [0.05, 0.1) is 4.90 Å². The summed E-state index contributed by atoms with van der Waals surface area (Å²) in [4.78, 5) is 14.9. The van der Waals surface area contributed by atoms with Crippen molar-refractivity contribution in [1.82, 2.24) is 14.9 Å². The maximum atomic E-state index is 12.4. The number of rotatable bonds is 7. The van der Waals surface area contributed by atoms with E-state index in [0.29, 0.717) is 5.56 Å². The normalized spacial score (nSPS) is 16.9. The molecule has 1 fully saturated rings. The number of amides is 1. The van der Waals surface area contributed by atoms with Crippen LogP contribution in [0, 0.1) is 0 Å². The smallest absolute Gasteiger partial charge is 0.251 e. The van der Waals surface area contributed by atoms with Crippen molar-refractivity contribution in [1.29, 1.82) is 0 Å². The number of carbonyl (C=O) groups excluding carboxylic acids is 1. The van der Waals surface area contributed by atoms with Gasteiger partial charge in [-0.3, -0.25) is 4.79 Å². The molecular weight excluding hydrogens is 326 g/mol. The Labute approximate surface area is 144 Å². The van der Waals surface area contributed by atoms with E-state index in [1.807, 2.05) is 0 Å². The molecule has 6 nitrogen and oxygen atoms in total. The molecule has 2 rings (SSSR count). The van der Waals surface area contributed by atoms with Crippen molar-refractivity contribution in [3.8, 4) is 0 Å². The predicted octanol–water partition coefficient (Wildman–Crippen LogP) is 1.59. The molecule has 1 saturated heterocycles. The molecule has 7 heteroatoms. The molecular formula is C17H27N3O3S. The summed E-state index contributed by atoms with van der Waals surface area (Å²) in [5.74, 6) is -0.213. The Morgan fingerprint density at radius 2 is 2.00 bits per heavy atom. The molecule has 0 spiro atoms. The summed E-state index contributed by atoms with van der Waals surface area (Å²) in [5.41, 5.74) is 0.375. The summed E-state index contributed by atoms with van der Waals surface area (Å²) >= 11 is 0. The average molecular weight is 353 g/mol. The summed E-state index contributed by atoms with van der Waals surface area (Å²) in [5, 5.41) is 3.03. The zero-order chi connectivity index (χ0) is 17.6. The molecule has 1 aliphatic rings. The van der Waals surface area contributed by atoms with E-state index in [9.17, 15) is 13.2 Å². The minimum absolute atomic E-state index is 0.104. The van der Waals surface area contributed by atoms with Crippen molar-refractivity contribution in [3.63, 3.8) is 0 Å². The first-order valence-corrected chi connectivity index (χ1v) is 10.0. The zero-order valence-corrected chi connectivity index (χ0v) is 15.2. The third kappa shape index (κ3) is 5.03. The molecule has 0 unspecified atom stereocenters. The van der Waals surface area contributed by atoms with Crippen LogP contribution in [0.1, 0.15) is 43.0 Å². The summed E-state index contributed by atoms with van der Waals surface area (Å²) in [6.07, 6.45) is 4.28. The first kappa shape index (κ1) is 18.9. The van der Waals surface area contributed by atoms with Crippen LogP contribution < -0.4 is 10.0 Å². The first-order valence-electron chi connectivity index (χ1n) is 8.53. The van der Waals surface area contributed by atoms with Gasteiger partial charge < -0.3 is 10.2 Å². The molecule has 0 aliphatic carbocycles. The van der Waals surface area contributed by atoms with Crippen LogP contribution in [0.5, 0.6) is 0 Å². The monoisotopic (exact) mass is 353 g/mol. The number of carbonyl (C=O) groups is 1. The number of nitrogens with one attached hydrogen (secondary N) is 2. The SMILES string of the molecule is CCCCN1CCC(NC(=O)c2cccc(S(=O)(=O)NC)c2)CC1. The van der Waals surface area contributed by atoms with E-state index in [2.05, 4.69) is 21.9 Å². The van der Waals surface area contributed by atoms with Gasteiger partial charge >= 0.3 is 0 Å². The second-order valence-corrected chi connectivity index (χ2v) is 8.06. The minimum atomic E-state index is -3.54. The van der Waals surface area contributed by atoms with Gasteiger partial charge in [-0.25, -0.2) is 13.1 Å². The van der Waals surface area contributed by atoms with E-state index in [1.54, 1.807) is 12.1 Å². The van der Waals surface area contributed by atoms with E-state index in [0.717, 1.165) is 32.5 Å². The number of hydrogen-bond donors (Lipinski definition) is 2. The fourth-order valence-electron chi connectivity index (χ4n) is 2.87.